The smallest absolute Gasteiger partial charge is 0.407 e. The monoisotopic (exact) mass is 623 g/mol. The number of fused-ring (bicyclic) bond motifs is 1. The zero-order chi connectivity index (χ0) is 32.7. The molecule has 1 fully saturated rings. The zero-order valence-corrected chi connectivity index (χ0v) is 27.4. The molecule has 0 unspecified atom stereocenters. The Balaban J connectivity index is 1.48. The van der Waals surface area contributed by atoms with Gasteiger partial charge in [-0.1, -0.05) is 61.5 Å². The lowest BCUT2D eigenvalue weighted by atomic mass is 10.00. The topological polar surface area (TPSA) is 87.1 Å². The van der Waals surface area contributed by atoms with Gasteiger partial charge in [0.25, 0.3) is 11.5 Å². The maximum Gasteiger partial charge on any atom is 0.407 e. The van der Waals surface area contributed by atoms with Gasteiger partial charge >= 0.3 is 6.09 Å². The normalized spacial score (nSPS) is 14.3. The number of hydrogen-bond donors (Lipinski definition) is 1. The quantitative estimate of drug-likeness (QED) is 0.244. The number of ether oxygens (including phenoxy) is 1. The summed E-state index contributed by atoms with van der Waals surface area (Å²) in [6.45, 7) is 12.9. The van der Waals surface area contributed by atoms with Crippen molar-refractivity contribution in [1.29, 1.82) is 0 Å². The van der Waals surface area contributed by atoms with Gasteiger partial charge in [-0.2, -0.15) is 0 Å². The number of anilines is 1. The number of benzene rings is 3. The van der Waals surface area contributed by atoms with E-state index in [2.05, 4.69) is 22.0 Å². The molecule has 9 nitrogen and oxygen atoms in total. The van der Waals surface area contributed by atoms with Crippen LogP contribution in [0.3, 0.4) is 0 Å². The fourth-order valence-corrected chi connectivity index (χ4v) is 5.96. The molecule has 46 heavy (non-hydrogen) atoms. The SMILES string of the molecule is CCCN(C(=O)c1c(CN2CCN(CCNC(=O)OC(C)(C)C)CC2)n(-c2ccccc2)c(=O)c2ccccc12)c1ccccc1. The lowest BCUT2D eigenvalue weighted by Gasteiger charge is -2.36. The number of carbonyl (C=O) groups excluding carboxylic acids is 2. The molecule has 0 bridgehead atoms. The molecular formula is C37H45N5O4. The van der Waals surface area contributed by atoms with Crippen LogP contribution in [0.15, 0.2) is 89.7 Å². The van der Waals surface area contributed by atoms with E-state index in [4.69, 9.17) is 4.74 Å². The van der Waals surface area contributed by atoms with Crippen LogP contribution in [0.2, 0.25) is 0 Å². The summed E-state index contributed by atoms with van der Waals surface area (Å²) in [5, 5.41) is 4.03. The van der Waals surface area contributed by atoms with E-state index in [1.807, 2.05) is 111 Å². The van der Waals surface area contributed by atoms with Gasteiger partial charge in [0.15, 0.2) is 0 Å². The third-order valence-electron chi connectivity index (χ3n) is 8.11. The number of para-hydroxylation sites is 2. The van der Waals surface area contributed by atoms with E-state index >= 15 is 0 Å². The molecule has 2 heterocycles. The lowest BCUT2D eigenvalue weighted by molar-refractivity contribution is 0.0515. The Morgan fingerprint density at radius 1 is 0.826 bits per heavy atom. The van der Waals surface area contributed by atoms with E-state index < -0.39 is 11.7 Å². The van der Waals surface area contributed by atoms with Crippen LogP contribution in [-0.4, -0.2) is 77.8 Å². The van der Waals surface area contributed by atoms with Crippen LogP contribution < -0.4 is 15.8 Å². The summed E-state index contributed by atoms with van der Waals surface area (Å²) >= 11 is 0. The molecule has 1 aliphatic heterocycles. The molecule has 4 aromatic rings. The molecule has 0 saturated carbocycles. The number of piperazine rings is 1. The van der Waals surface area contributed by atoms with Crippen LogP contribution in [0.5, 0.6) is 0 Å². The van der Waals surface area contributed by atoms with Crippen molar-refractivity contribution >= 4 is 28.5 Å². The first-order chi connectivity index (χ1) is 22.2. The fourth-order valence-electron chi connectivity index (χ4n) is 5.96. The molecule has 242 valence electrons. The summed E-state index contributed by atoms with van der Waals surface area (Å²) in [6.07, 6.45) is 0.378. The second kappa shape index (κ2) is 14.7. The molecule has 0 atom stereocenters. The number of nitrogens with zero attached hydrogens (tertiary/aromatic N) is 4. The predicted octanol–water partition coefficient (Wildman–Crippen LogP) is 5.69. The molecular weight excluding hydrogens is 578 g/mol. The Kier molecular flexibility index (Phi) is 10.6. The van der Waals surface area contributed by atoms with Crippen LogP contribution in [0.1, 0.15) is 50.2 Å². The van der Waals surface area contributed by atoms with E-state index in [-0.39, 0.29) is 11.5 Å². The fraction of sp³-hybridized carbons (Fsp3) is 0.378. The second-order valence-corrected chi connectivity index (χ2v) is 12.7. The highest BCUT2D eigenvalue weighted by Crippen LogP contribution is 2.28. The minimum absolute atomic E-state index is 0.115. The average molecular weight is 624 g/mol. The number of rotatable bonds is 10. The van der Waals surface area contributed by atoms with Crippen LogP contribution >= 0.6 is 0 Å². The van der Waals surface area contributed by atoms with Gasteiger partial charge in [-0.15, -0.1) is 0 Å². The summed E-state index contributed by atoms with van der Waals surface area (Å²) in [4.78, 5) is 47.5. The van der Waals surface area contributed by atoms with Gasteiger partial charge < -0.3 is 15.0 Å². The average Bonchev–Trinajstić information content (AvgIpc) is 3.04. The Morgan fingerprint density at radius 3 is 2.04 bits per heavy atom. The van der Waals surface area contributed by atoms with Crippen molar-refractivity contribution in [3.63, 3.8) is 0 Å². The van der Waals surface area contributed by atoms with Crippen LogP contribution in [0, 0.1) is 0 Å². The van der Waals surface area contributed by atoms with Gasteiger partial charge in [-0.25, -0.2) is 4.79 Å². The van der Waals surface area contributed by atoms with Crippen molar-refractivity contribution in [1.82, 2.24) is 19.7 Å². The maximum atomic E-state index is 14.8. The molecule has 9 heteroatoms. The summed E-state index contributed by atoms with van der Waals surface area (Å²) in [7, 11) is 0. The number of nitrogens with one attached hydrogen (secondary N) is 1. The van der Waals surface area contributed by atoms with E-state index in [0.717, 1.165) is 44.0 Å². The zero-order valence-electron chi connectivity index (χ0n) is 27.4. The Bertz CT molecular complexity index is 1690. The number of carbonyl (C=O) groups is 2. The molecule has 2 amide bonds. The summed E-state index contributed by atoms with van der Waals surface area (Å²) in [6, 6.07) is 26.8. The first-order valence-electron chi connectivity index (χ1n) is 16.2. The maximum absolute atomic E-state index is 14.8. The molecule has 5 rings (SSSR count). The highest BCUT2D eigenvalue weighted by Gasteiger charge is 2.29. The first kappa shape index (κ1) is 32.9. The van der Waals surface area contributed by atoms with Gasteiger partial charge in [-0.3, -0.25) is 24.0 Å². The molecule has 1 aromatic heterocycles. The Hall–Kier alpha value is -4.47. The number of aromatic nitrogens is 1. The largest absolute Gasteiger partial charge is 0.444 e. The van der Waals surface area contributed by atoms with Crippen molar-refractivity contribution in [3.8, 4) is 5.69 Å². The number of pyridine rings is 1. The Labute approximate surface area is 271 Å². The van der Waals surface area contributed by atoms with Crippen molar-refractivity contribution < 1.29 is 14.3 Å². The van der Waals surface area contributed by atoms with Crippen LogP contribution in [0.4, 0.5) is 10.5 Å². The van der Waals surface area contributed by atoms with Crippen molar-refractivity contribution in [2.75, 3.05) is 50.7 Å². The molecule has 1 saturated heterocycles. The van der Waals surface area contributed by atoms with E-state index in [0.29, 0.717) is 48.2 Å². The molecule has 1 aliphatic rings. The number of hydrogen-bond acceptors (Lipinski definition) is 6. The minimum Gasteiger partial charge on any atom is -0.444 e. The highest BCUT2D eigenvalue weighted by molar-refractivity contribution is 6.15. The van der Waals surface area contributed by atoms with Crippen LogP contribution in [-0.2, 0) is 11.3 Å². The molecule has 0 radical (unpaired) electrons. The number of alkyl carbamates (subject to hydrolysis) is 1. The molecule has 0 aliphatic carbocycles. The van der Waals surface area contributed by atoms with E-state index in [9.17, 15) is 14.4 Å². The predicted molar refractivity (Wildman–Crippen MR) is 184 cm³/mol. The van der Waals surface area contributed by atoms with Gasteiger partial charge in [0.05, 0.1) is 11.3 Å². The second-order valence-electron chi connectivity index (χ2n) is 12.7. The van der Waals surface area contributed by atoms with E-state index in [1.54, 1.807) is 4.57 Å². The lowest BCUT2D eigenvalue weighted by Crippen LogP contribution is -2.49. The summed E-state index contributed by atoms with van der Waals surface area (Å²) in [5.41, 5.74) is 2.14. The van der Waals surface area contributed by atoms with Gasteiger partial charge in [0, 0.05) is 74.5 Å². The summed E-state index contributed by atoms with van der Waals surface area (Å²) in [5.74, 6) is -0.115. The van der Waals surface area contributed by atoms with Crippen molar-refractivity contribution in [2.24, 2.45) is 0 Å². The van der Waals surface area contributed by atoms with Crippen LogP contribution in [0.25, 0.3) is 16.5 Å². The Morgan fingerprint density at radius 2 is 1.41 bits per heavy atom. The highest BCUT2D eigenvalue weighted by atomic mass is 16.6. The van der Waals surface area contributed by atoms with Gasteiger partial charge in [0.2, 0.25) is 0 Å². The van der Waals surface area contributed by atoms with E-state index in [1.165, 1.54) is 0 Å². The van der Waals surface area contributed by atoms with Gasteiger partial charge in [-0.05, 0) is 57.5 Å². The number of amides is 2. The first-order valence-corrected chi connectivity index (χ1v) is 16.2. The third-order valence-corrected chi connectivity index (χ3v) is 8.11. The molecule has 0 spiro atoms. The van der Waals surface area contributed by atoms with Crippen molar-refractivity contribution in [3.05, 3.63) is 107 Å². The van der Waals surface area contributed by atoms with Crippen molar-refractivity contribution in [2.45, 2.75) is 46.3 Å². The molecule has 1 N–H and O–H groups in total. The molecule has 3 aromatic carbocycles. The third kappa shape index (κ3) is 7.84. The van der Waals surface area contributed by atoms with Gasteiger partial charge in [0.1, 0.15) is 5.60 Å². The minimum atomic E-state index is -0.534. The standard InChI is InChI=1S/C37H45N5O4/c1-5-21-41(28-14-8-6-9-15-28)35(44)33-30-18-12-13-19-31(30)34(43)42(29-16-10-7-11-17-29)32(33)27-40-25-23-39(24-26-40)22-20-38-36(45)46-37(2,3)4/h6-19H,5,20-27H2,1-4H3,(H,38,45). The summed E-state index contributed by atoms with van der Waals surface area (Å²) < 4.78 is 7.09.